The summed E-state index contributed by atoms with van der Waals surface area (Å²) in [5, 5.41) is 14.8. The Balaban J connectivity index is 1.50. The summed E-state index contributed by atoms with van der Waals surface area (Å²) in [4.78, 5) is 16.6. The van der Waals surface area contributed by atoms with Gasteiger partial charge in [0.15, 0.2) is 0 Å². The fourth-order valence-electron chi connectivity index (χ4n) is 3.95. The molecule has 3 rings (SSSR count). The van der Waals surface area contributed by atoms with E-state index in [2.05, 4.69) is 16.9 Å². The van der Waals surface area contributed by atoms with Crippen molar-refractivity contribution in [3.8, 4) is 17.0 Å². The number of phenols is 1. The summed E-state index contributed by atoms with van der Waals surface area (Å²) in [5.41, 5.74) is 2.99. The Kier molecular flexibility index (Phi) is 9.22. The molecule has 182 valence electrons. The fraction of sp³-hybridized carbons (Fsp3) is 0.407. The van der Waals surface area contributed by atoms with Crippen molar-refractivity contribution < 1.29 is 9.50 Å². The molecule has 0 spiro atoms. The molecule has 0 radical (unpaired) electrons. The minimum Gasteiger partial charge on any atom is -0.507 e. The van der Waals surface area contributed by atoms with Crippen LogP contribution in [0.2, 0.25) is 0 Å². The number of rotatable bonds is 12. The van der Waals surface area contributed by atoms with Crippen LogP contribution in [0.3, 0.4) is 0 Å². The van der Waals surface area contributed by atoms with Crippen LogP contribution in [0, 0.1) is 5.82 Å². The van der Waals surface area contributed by atoms with Crippen molar-refractivity contribution in [2.75, 3.05) is 32.1 Å². The first-order valence-corrected chi connectivity index (χ1v) is 11.9. The molecule has 3 aromatic rings. The van der Waals surface area contributed by atoms with Gasteiger partial charge in [0, 0.05) is 44.5 Å². The van der Waals surface area contributed by atoms with E-state index in [1.807, 2.05) is 37.2 Å². The van der Waals surface area contributed by atoms with Crippen molar-refractivity contribution in [3.05, 3.63) is 76.3 Å². The number of phenolic OH excluding ortho intramolecular Hbond substituents is 1. The monoisotopic (exact) mass is 466 g/mol. The molecule has 0 amide bonds. The van der Waals surface area contributed by atoms with Crippen LogP contribution in [0.4, 0.5) is 10.1 Å². The second kappa shape index (κ2) is 12.3. The summed E-state index contributed by atoms with van der Waals surface area (Å²) in [7, 11) is 3.87. The number of halogens is 1. The normalized spacial score (nSPS) is 11.2. The Morgan fingerprint density at radius 1 is 1.00 bits per heavy atom. The number of hydrogen-bond donors (Lipinski definition) is 1. The van der Waals surface area contributed by atoms with E-state index in [0.717, 1.165) is 56.6 Å². The molecule has 0 saturated carbocycles. The van der Waals surface area contributed by atoms with Crippen molar-refractivity contribution in [1.82, 2.24) is 14.7 Å². The maximum atomic E-state index is 13.4. The number of aryl methyl sites for hydroxylation is 1. The van der Waals surface area contributed by atoms with Crippen molar-refractivity contribution in [2.24, 2.45) is 0 Å². The smallest absolute Gasteiger partial charge is 0.266 e. The van der Waals surface area contributed by atoms with Gasteiger partial charge in [0.25, 0.3) is 5.56 Å². The lowest BCUT2D eigenvalue weighted by Gasteiger charge is -2.20. The molecule has 0 fully saturated rings. The number of nitrogens with zero attached hydrogens (tertiary/aromatic N) is 4. The molecular formula is C27H35FN4O2. The molecule has 0 atom stereocenters. The third kappa shape index (κ3) is 7.15. The van der Waals surface area contributed by atoms with Gasteiger partial charge >= 0.3 is 0 Å². The van der Waals surface area contributed by atoms with Crippen LogP contribution < -0.4 is 10.5 Å². The van der Waals surface area contributed by atoms with E-state index in [0.29, 0.717) is 17.8 Å². The molecular weight excluding hydrogens is 431 g/mol. The van der Waals surface area contributed by atoms with Gasteiger partial charge in [-0.25, -0.2) is 9.07 Å². The number of unbranched alkanes of at least 4 members (excludes halogenated alkanes) is 3. The minimum atomic E-state index is -0.193. The summed E-state index contributed by atoms with van der Waals surface area (Å²) in [5.74, 6) is -0.0518. The first-order chi connectivity index (χ1) is 16.4. The molecule has 1 aromatic heterocycles. The number of aromatic hydroxyl groups is 1. The molecule has 2 aromatic carbocycles. The Morgan fingerprint density at radius 3 is 2.53 bits per heavy atom. The maximum Gasteiger partial charge on any atom is 0.266 e. The minimum absolute atomic E-state index is 0.140. The maximum absolute atomic E-state index is 13.4. The van der Waals surface area contributed by atoms with Gasteiger partial charge in [-0.05, 0) is 67.9 Å². The molecule has 0 aliphatic heterocycles. The van der Waals surface area contributed by atoms with Crippen LogP contribution in [0.5, 0.6) is 5.75 Å². The SMILES string of the molecule is CCN(CCCCCCn1nc(-c2cc(N(C)C)ccc2O)ccc1=O)Cc1cccc(F)c1. The summed E-state index contributed by atoms with van der Waals surface area (Å²) < 4.78 is 14.9. The largest absolute Gasteiger partial charge is 0.507 e. The van der Waals surface area contributed by atoms with Crippen LogP contribution >= 0.6 is 0 Å². The summed E-state index contributed by atoms with van der Waals surface area (Å²) in [6.45, 7) is 5.30. The summed E-state index contributed by atoms with van der Waals surface area (Å²) in [6.07, 6.45) is 3.96. The molecule has 0 bridgehead atoms. The van der Waals surface area contributed by atoms with E-state index in [1.165, 1.54) is 16.8 Å². The van der Waals surface area contributed by atoms with Gasteiger partial charge in [0.1, 0.15) is 11.6 Å². The van der Waals surface area contributed by atoms with Gasteiger partial charge in [0.05, 0.1) is 5.69 Å². The molecule has 1 heterocycles. The van der Waals surface area contributed by atoms with Gasteiger partial charge in [0.2, 0.25) is 0 Å². The number of anilines is 1. The lowest BCUT2D eigenvalue weighted by molar-refractivity contribution is 0.271. The van der Waals surface area contributed by atoms with Gasteiger partial charge in [-0.3, -0.25) is 9.69 Å². The molecule has 0 aliphatic carbocycles. The quantitative estimate of drug-likeness (QED) is 0.385. The van der Waals surface area contributed by atoms with E-state index < -0.39 is 0 Å². The second-order valence-electron chi connectivity index (χ2n) is 8.79. The predicted octanol–water partition coefficient (Wildman–Crippen LogP) is 4.90. The van der Waals surface area contributed by atoms with Crippen LogP contribution in [-0.2, 0) is 13.1 Å². The van der Waals surface area contributed by atoms with Gasteiger partial charge < -0.3 is 10.0 Å². The highest BCUT2D eigenvalue weighted by Gasteiger charge is 2.10. The highest BCUT2D eigenvalue weighted by molar-refractivity contribution is 5.71. The molecule has 0 aliphatic rings. The zero-order chi connectivity index (χ0) is 24.5. The number of benzene rings is 2. The zero-order valence-corrected chi connectivity index (χ0v) is 20.4. The lowest BCUT2D eigenvalue weighted by atomic mass is 10.1. The zero-order valence-electron chi connectivity index (χ0n) is 20.4. The third-order valence-corrected chi connectivity index (χ3v) is 5.98. The average Bonchev–Trinajstić information content (AvgIpc) is 2.81. The standard InChI is InChI=1S/C27H35FN4O2/c1-4-31(20-21-10-9-11-22(28)18-21)16-7-5-6-8-17-32-27(34)15-13-25(29-32)24-19-23(30(2)3)12-14-26(24)33/h9-15,18-19,33H,4-8,16-17,20H2,1-3H3. The van der Waals surface area contributed by atoms with Crippen molar-refractivity contribution in [2.45, 2.75) is 45.7 Å². The van der Waals surface area contributed by atoms with E-state index >= 15 is 0 Å². The highest BCUT2D eigenvalue weighted by atomic mass is 19.1. The lowest BCUT2D eigenvalue weighted by Crippen LogP contribution is -2.24. The van der Waals surface area contributed by atoms with E-state index in [9.17, 15) is 14.3 Å². The predicted molar refractivity (Wildman–Crippen MR) is 136 cm³/mol. The van der Waals surface area contributed by atoms with E-state index in [4.69, 9.17) is 0 Å². The van der Waals surface area contributed by atoms with Crippen molar-refractivity contribution in [3.63, 3.8) is 0 Å². The Hall–Kier alpha value is -3.19. The molecule has 1 N–H and O–H groups in total. The van der Waals surface area contributed by atoms with E-state index in [1.54, 1.807) is 24.3 Å². The summed E-state index contributed by atoms with van der Waals surface area (Å²) >= 11 is 0. The third-order valence-electron chi connectivity index (χ3n) is 5.98. The van der Waals surface area contributed by atoms with Crippen LogP contribution in [0.1, 0.15) is 38.2 Å². The van der Waals surface area contributed by atoms with Gasteiger partial charge in [-0.15, -0.1) is 0 Å². The van der Waals surface area contributed by atoms with Crippen molar-refractivity contribution in [1.29, 1.82) is 0 Å². The first kappa shape index (κ1) is 25.4. The van der Waals surface area contributed by atoms with Crippen LogP contribution in [-0.4, -0.2) is 47.0 Å². The Bertz CT molecular complexity index is 1130. The molecule has 7 heteroatoms. The van der Waals surface area contributed by atoms with Crippen LogP contribution in [0.25, 0.3) is 11.3 Å². The molecule has 0 saturated heterocycles. The summed E-state index contributed by atoms with van der Waals surface area (Å²) in [6, 6.07) is 15.3. The first-order valence-electron chi connectivity index (χ1n) is 11.9. The highest BCUT2D eigenvalue weighted by Crippen LogP contribution is 2.30. The molecule has 34 heavy (non-hydrogen) atoms. The van der Waals surface area contributed by atoms with Gasteiger partial charge in [-0.1, -0.05) is 31.9 Å². The molecule has 0 unspecified atom stereocenters. The van der Waals surface area contributed by atoms with Crippen LogP contribution in [0.15, 0.2) is 59.4 Å². The molecule has 6 nitrogen and oxygen atoms in total. The van der Waals surface area contributed by atoms with E-state index in [-0.39, 0.29) is 17.1 Å². The Morgan fingerprint density at radius 2 is 1.79 bits per heavy atom. The fourth-order valence-corrected chi connectivity index (χ4v) is 3.95. The Labute approximate surface area is 201 Å². The second-order valence-corrected chi connectivity index (χ2v) is 8.79. The average molecular weight is 467 g/mol. The topological polar surface area (TPSA) is 61.6 Å². The van der Waals surface area contributed by atoms with Gasteiger partial charge in [-0.2, -0.15) is 5.10 Å². The van der Waals surface area contributed by atoms with Crippen molar-refractivity contribution >= 4 is 5.69 Å². The number of hydrogen-bond acceptors (Lipinski definition) is 5. The number of aromatic nitrogens is 2.